The second kappa shape index (κ2) is 2.95. The Balaban J connectivity index is 2.36. The summed E-state index contributed by atoms with van der Waals surface area (Å²) in [7, 11) is 0. The lowest BCUT2D eigenvalue weighted by Gasteiger charge is -2.52. The molecule has 78 valence electrons. The van der Waals surface area contributed by atoms with Crippen LogP contribution in [0.15, 0.2) is 12.2 Å². The molecule has 0 aliphatic heterocycles. The fourth-order valence-electron chi connectivity index (χ4n) is 3.07. The molecule has 0 aromatic carbocycles. The van der Waals surface area contributed by atoms with Gasteiger partial charge in [0.1, 0.15) is 6.29 Å². The third-order valence-corrected chi connectivity index (χ3v) is 4.69. The van der Waals surface area contributed by atoms with Crippen LogP contribution < -0.4 is 0 Å². The molecule has 0 amide bonds. The van der Waals surface area contributed by atoms with E-state index in [1.54, 1.807) is 0 Å². The summed E-state index contributed by atoms with van der Waals surface area (Å²) < 4.78 is 0. The minimum absolute atomic E-state index is 0.165. The quantitative estimate of drug-likeness (QED) is 0.485. The predicted octanol–water partition coefficient (Wildman–Crippen LogP) is 3.20. The van der Waals surface area contributed by atoms with E-state index in [4.69, 9.17) is 0 Å². The lowest BCUT2D eigenvalue weighted by Crippen LogP contribution is -2.45. The van der Waals surface area contributed by atoms with E-state index in [0.717, 1.165) is 6.42 Å². The summed E-state index contributed by atoms with van der Waals surface area (Å²) in [4.78, 5) is 11.1. The highest BCUT2D eigenvalue weighted by Gasteiger charge is 2.49. The Hall–Kier alpha value is -0.590. The maximum absolute atomic E-state index is 11.1. The van der Waals surface area contributed by atoms with Gasteiger partial charge >= 0.3 is 0 Å². The van der Waals surface area contributed by atoms with Crippen molar-refractivity contribution in [3.8, 4) is 0 Å². The Morgan fingerprint density at radius 1 is 1.36 bits per heavy atom. The van der Waals surface area contributed by atoms with Crippen LogP contribution in [0, 0.1) is 22.7 Å². The summed E-state index contributed by atoms with van der Waals surface area (Å²) in [5, 5.41) is 0. The summed E-state index contributed by atoms with van der Waals surface area (Å²) in [6.07, 6.45) is 9.40. The van der Waals surface area contributed by atoms with Gasteiger partial charge in [0.25, 0.3) is 0 Å². The smallest absolute Gasteiger partial charge is 0.123 e. The molecule has 1 saturated carbocycles. The minimum atomic E-state index is 0.165. The molecule has 3 rings (SSSR count). The Morgan fingerprint density at radius 3 is 2.50 bits per heavy atom. The fourth-order valence-corrected chi connectivity index (χ4v) is 3.07. The molecule has 0 unspecified atom stereocenters. The van der Waals surface area contributed by atoms with Crippen molar-refractivity contribution in [2.45, 2.75) is 40.0 Å². The SMILES string of the molecule is CC(C)[C@]12C=C[C@](C)(CC1)[C@H](C=O)C2. The molecule has 0 spiro atoms. The molecule has 1 heteroatoms. The number of carbonyl (C=O) groups is 1. The van der Waals surface area contributed by atoms with Crippen LogP contribution in [0.25, 0.3) is 0 Å². The first-order valence-electron chi connectivity index (χ1n) is 5.68. The van der Waals surface area contributed by atoms with Crippen LogP contribution in [0.1, 0.15) is 40.0 Å². The third-order valence-electron chi connectivity index (χ3n) is 4.69. The van der Waals surface area contributed by atoms with Crippen LogP contribution in [0.2, 0.25) is 0 Å². The zero-order valence-electron chi connectivity index (χ0n) is 9.42. The number of carbonyl (C=O) groups excluding carboxylic acids is 1. The number of allylic oxidation sites excluding steroid dienone is 2. The Morgan fingerprint density at radius 2 is 2.07 bits per heavy atom. The molecular weight excluding hydrogens is 172 g/mol. The van der Waals surface area contributed by atoms with E-state index in [1.165, 1.54) is 19.1 Å². The zero-order chi connectivity index (χ0) is 10.4. The number of rotatable bonds is 2. The molecule has 1 nitrogen and oxygen atoms in total. The molecule has 2 bridgehead atoms. The van der Waals surface area contributed by atoms with Gasteiger partial charge in [-0.05, 0) is 36.0 Å². The normalized spacial score (nSPS) is 45.9. The van der Waals surface area contributed by atoms with Gasteiger partial charge in [-0.3, -0.25) is 0 Å². The van der Waals surface area contributed by atoms with Gasteiger partial charge in [0.2, 0.25) is 0 Å². The standard InChI is InChI=1S/C13H20O/c1-10(2)13-6-4-12(3,5-7-13)11(8-13)9-14/h4,6,9-11H,5,7-8H2,1-3H3/t11-,12+,13+/m0/s1. The lowest BCUT2D eigenvalue weighted by atomic mass is 9.51. The molecule has 0 N–H and O–H groups in total. The second-order valence-electron chi connectivity index (χ2n) is 5.67. The molecule has 0 heterocycles. The van der Waals surface area contributed by atoms with Crippen LogP contribution >= 0.6 is 0 Å². The van der Waals surface area contributed by atoms with Crippen molar-refractivity contribution in [3.63, 3.8) is 0 Å². The number of aldehydes is 1. The van der Waals surface area contributed by atoms with Gasteiger partial charge in [0.15, 0.2) is 0 Å². The highest BCUT2D eigenvalue weighted by Crippen LogP contribution is 2.57. The molecule has 0 radical (unpaired) electrons. The highest BCUT2D eigenvalue weighted by molar-refractivity contribution is 5.57. The van der Waals surface area contributed by atoms with E-state index in [-0.39, 0.29) is 11.3 Å². The van der Waals surface area contributed by atoms with E-state index in [0.29, 0.717) is 11.3 Å². The maximum Gasteiger partial charge on any atom is 0.123 e. The van der Waals surface area contributed by atoms with Crippen LogP contribution in [0.5, 0.6) is 0 Å². The van der Waals surface area contributed by atoms with Crippen molar-refractivity contribution in [2.75, 3.05) is 0 Å². The third kappa shape index (κ3) is 1.18. The van der Waals surface area contributed by atoms with Gasteiger partial charge in [0.05, 0.1) is 0 Å². The van der Waals surface area contributed by atoms with Gasteiger partial charge in [0, 0.05) is 5.92 Å². The molecule has 0 saturated heterocycles. The van der Waals surface area contributed by atoms with Gasteiger partial charge in [-0.2, -0.15) is 0 Å². The van der Waals surface area contributed by atoms with Crippen LogP contribution in [0.3, 0.4) is 0 Å². The van der Waals surface area contributed by atoms with Crippen LogP contribution in [-0.2, 0) is 4.79 Å². The first kappa shape index (κ1) is 9.95. The zero-order valence-corrected chi connectivity index (χ0v) is 9.42. The van der Waals surface area contributed by atoms with E-state index in [9.17, 15) is 4.79 Å². The van der Waals surface area contributed by atoms with Crippen molar-refractivity contribution in [3.05, 3.63) is 12.2 Å². The van der Waals surface area contributed by atoms with Crippen molar-refractivity contribution in [1.29, 1.82) is 0 Å². The average molecular weight is 192 g/mol. The Bertz CT molecular complexity index is 279. The summed E-state index contributed by atoms with van der Waals surface area (Å²) in [5.74, 6) is 0.912. The first-order valence-corrected chi connectivity index (χ1v) is 5.68. The van der Waals surface area contributed by atoms with E-state index >= 15 is 0 Å². The van der Waals surface area contributed by atoms with Gasteiger partial charge in [-0.15, -0.1) is 0 Å². The van der Waals surface area contributed by atoms with E-state index in [1.807, 2.05) is 0 Å². The first-order chi connectivity index (χ1) is 6.52. The topological polar surface area (TPSA) is 17.1 Å². The Labute approximate surface area is 86.6 Å². The van der Waals surface area contributed by atoms with Crippen LogP contribution in [-0.4, -0.2) is 6.29 Å². The fraction of sp³-hybridized carbons (Fsp3) is 0.769. The average Bonchev–Trinajstić information content (AvgIpc) is 2.18. The van der Waals surface area contributed by atoms with Gasteiger partial charge in [-0.1, -0.05) is 32.9 Å². The summed E-state index contributed by atoms with van der Waals surface area (Å²) in [6.45, 7) is 6.78. The molecule has 1 fully saturated rings. The van der Waals surface area contributed by atoms with Crippen LogP contribution in [0.4, 0.5) is 0 Å². The predicted molar refractivity (Wildman–Crippen MR) is 57.9 cm³/mol. The van der Waals surface area contributed by atoms with E-state index < -0.39 is 0 Å². The van der Waals surface area contributed by atoms with Crippen molar-refractivity contribution < 1.29 is 4.79 Å². The highest BCUT2D eigenvalue weighted by atomic mass is 16.1. The summed E-state index contributed by atoms with van der Waals surface area (Å²) >= 11 is 0. The lowest BCUT2D eigenvalue weighted by molar-refractivity contribution is -0.118. The van der Waals surface area contributed by atoms with Gasteiger partial charge in [-0.25, -0.2) is 0 Å². The molecule has 0 aromatic heterocycles. The monoisotopic (exact) mass is 192 g/mol. The van der Waals surface area contributed by atoms with Crippen molar-refractivity contribution in [2.24, 2.45) is 22.7 Å². The molecule has 3 aliphatic carbocycles. The summed E-state index contributed by atoms with van der Waals surface area (Å²) in [6, 6.07) is 0. The van der Waals surface area contributed by atoms with E-state index in [2.05, 4.69) is 32.9 Å². The Kier molecular flexibility index (Phi) is 2.09. The van der Waals surface area contributed by atoms with Crippen molar-refractivity contribution in [1.82, 2.24) is 0 Å². The number of fused-ring (bicyclic) bond motifs is 2. The maximum atomic E-state index is 11.1. The largest absolute Gasteiger partial charge is 0.303 e. The van der Waals surface area contributed by atoms with Crippen molar-refractivity contribution >= 4 is 6.29 Å². The minimum Gasteiger partial charge on any atom is -0.303 e. The second-order valence-corrected chi connectivity index (χ2v) is 5.67. The summed E-state index contributed by atoms with van der Waals surface area (Å²) in [5.41, 5.74) is 0.488. The molecule has 0 aromatic rings. The molecule has 14 heavy (non-hydrogen) atoms. The molecule has 3 aliphatic rings. The molecule has 3 atom stereocenters. The number of hydrogen-bond donors (Lipinski definition) is 0. The van der Waals surface area contributed by atoms with Gasteiger partial charge < -0.3 is 4.79 Å². The molecular formula is C13H20O. The number of hydrogen-bond acceptors (Lipinski definition) is 1.